The molecule has 1 saturated heterocycles. The van der Waals surface area contributed by atoms with E-state index in [0.717, 1.165) is 19.4 Å². The lowest BCUT2D eigenvalue weighted by Crippen LogP contribution is -2.64. The fourth-order valence-electron chi connectivity index (χ4n) is 2.65. The van der Waals surface area contributed by atoms with Crippen LogP contribution in [-0.4, -0.2) is 59.0 Å². The predicted octanol–water partition coefficient (Wildman–Crippen LogP) is 0.794. The highest BCUT2D eigenvalue weighted by atomic mass is 16.4. The van der Waals surface area contributed by atoms with Crippen LogP contribution in [0, 0.1) is 0 Å². The number of carbonyl (C=O) groups excluding carboxylic acids is 1. The molecule has 1 unspecified atom stereocenters. The number of likely N-dealkylation sites (tertiary alicyclic amines) is 1. The van der Waals surface area contributed by atoms with Crippen molar-refractivity contribution in [2.24, 2.45) is 0 Å². The number of carboxylic acids is 1. The third-order valence-corrected chi connectivity index (χ3v) is 3.40. The second-order valence-electron chi connectivity index (χ2n) is 4.85. The number of hydrogen-bond acceptors (Lipinski definition) is 3. The number of aliphatic carboxylic acids is 1. The monoisotopic (exact) mass is 242 g/mol. The molecule has 1 rings (SSSR count). The molecule has 0 radical (unpaired) electrons. The molecule has 0 bridgehead atoms. The van der Waals surface area contributed by atoms with Gasteiger partial charge in [-0.05, 0) is 32.9 Å². The molecule has 0 aromatic carbocycles. The molecule has 5 heteroatoms. The number of hydrogen-bond donors (Lipinski definition) is 1. The van der Waals surface area contributed by atoms with Gasteiger partial charge in [-0.25, -0.2) is 4.79 Å². The fraction of sp³-hybridized carbons (Fsp3) is 0.833. The number of likely N-dealkylation sites (N-methyl/N-ethyl adjacent to an activating group) is 1. The Morgan fingerprint density at radius 2 is 2.12 bits per heavy atom. The normalized spacial score (nSPS) is 25.6. The van der Waals surface area contributed by atoms with E-state index in [0.29, 0.717) is 19.5 Å². The molecular weight excluding hydrogens is 220 g/mol. The topological polar surface area (TPSA) is 60.9 Å². The van der Waals surface area contributed by atoms with Crippen LogP contribution in [0.3, 0.4) is 0 Å². The van der Waals surface area contributed by atoms with Crippen molar-refractivity contribution in [1.29, 1.82) is 0 Å². The molecule has 0 spiro atoms. The van der Waals surface area contributed by atoms with Gasteiger partial charge in [-0.15, -0.1) is 0 Å². The average Bonchev–Trinajstić information content (AvgIpc) is 2.25. The van der Waals surface area contributed by atoms with Gasteiger partial charge in [-0.1, -0.05) is 6.92 Å². The van der Waals surface area contributed by atoms with Crippen LogP contribution < -0.4 is 0 Å². The van der Waals surface area contributed by atoms with Crippen LogP contribution in [0.5, 0.6) is 0 Å². The van der Waals surface area contributed by atoms with Crippen molar-refractivity contribution in [2.75, 3.05) is 26.7 Å². The summed E-state index contributed by atoms with van der Waals surface area (Å²) in [4.78, 5) is 26.8. The van der Waals surface area contributed by atoms with E-state index in [2.05, 4.69) is 0 Å². The Kier molecular flexibility index (Phi) is 4.51. The maximum atomic E-state index is 11.7. The van der Waals surface area contributed by atoms with Crippen molar-refractivity contribution in [3.05, 3.63) is 0 Å². The molecule has 1 N–H and O–H groups in total. The van der Waals surface area contributed by atoms with Crippen LogP contribution in [0.2, 0.25) is 0 Å². The van der Waals surface area contributed by atoms with Gasteiger partial charge in [0.1, 0.15) is 0 Å². The first-order valence-electron chi connectivity index (χ1n) is 6.14. The SMILES string of the molecule is CCCN(C(C)=O)C1(C(=O)O)CCCN(C)C1. The number of nitrogens with zero attached hydrogens (tertiary/aromatic N) is 2. The summed E-state index contributed by atoms with van der Waals surface area (Å²) >= 11 is 0. The molecule has 17 heavy (non-hydrogen) atoms. The van der Waals surface area contributed by atoms with Gasteiger partial charge in [0.25, 0.3) is 0 Å². The van der Waals surface area contributed by atoms with Crippen LogP contribution in [0.4, 0.5) is 0 Å². The van der Waals surface area contributed by atoms with Crippen molar-refractivity contribution in [2.45, 2.75) is 38.6 Å². The van der Waals surface area contributed by atoms with Gasteiger partial charge in [-0.2, -0.15) is 0 Å². The Morgan fingerprint density at radius 1 is 1.47 bits per heavy atom. The van der Waals surface area contributed by atoms with Crippen LogP contribution in [0.25, 0.3) is 0 Å². The van der Waals surface area contributed by atoms with Gasteiger partial charge in [0.2, 0.25) is 5.91 Å². The maximum Gasteiger partial charge on any atom is 0.330 e. The Labute approximate surface area is 102 Å². The molecule has 1 atom stereocenters. The summed E-state index contributed by atoms with van der Waals surface area (Å²) in [6.45, 7) is 5.23. The second kappa shape index (κ2) is 5.49. The molecule has 0 saturated carbocycles. The zero-order valence-corrected chi connectivity index (χ0v) is 10.9. The first-order chi connectivity index (χ1) is 7.94. The minimum absolute atomic E-state index is 0.149. The maximum absolute atomic E-state index is 11.7. The van der Waals surface area contributed by atoms with Gasteiger partial charge in [0.05, 0.1) is 0 Å². The molecule has 98 valence electrons. The highest BCUT2D eigenvalue weighted by Crippen LogP contribution is 2.28. The summed E-state index contributed by atoms with van der Waals surface area (Å²) in [7, 11) is 1.90. The standard InChI is InChI=1S/C12H22N2O3/c1-4-7-14(10(2)15)12(11(16)17)6-5-8-13(3)9-12/h4-9H2,1-3H3,(H,16,17). The molecule has 1 heterocycles. The van der Waals surface area contributed by atoms with Crippen molar-refractivity contribution in [3.8, 4) is 0 Å². The van der Waals surface area contributed by atoms with E-state index < -0.39 is 11.5 Å². The van der Waals surface area contributed by atoms with Gasteiger partial charge in [0.15, 0.2) is 5.54 Å². The molecule has 0 aromatic rings. The Morgan fingerprint density at radius 3 is 2.53 bits per heavy atom. The molecule has 1 aliphatic rings. The van der Waals surface area contributed by atoms with Gasteiger partial charge in [-0.3, -0.25) is 4.79 Å². The van der Waals surface area contributed by atoms with Crippen LogP contribution in [-0.2, 0) is 9.59 Å². The molecule has 0 aliphatic carbocycles. The lowest BCUT2D eigenvalue weighted by Gasteiger charge is -2.45. The molecule has 1 aliphatic heterocycles. The van der Waals surface area contributed by atoms with E-state index in [1.165, 1.54) is 11.8 Å². The zero-order valence-electron chi connectivity index (χ0n) is 10.9. The summed E-state index contributed by atoms with van der Waals surface area (Å²) in [6, 6.07) is 0. The summed E-state index contributed by atoms with van der Waals surface area (Å²) in [5, 5.41) is 9.53. The first kappa shape index (κ1) is 14.0. The van der Waals surface area contributed by atoms with Gasteiger partial charge < -0.3 is 14.9 Å². The highest BCUT2D eigenvalue weighted by molar-refractivity contribution is 5.86. The van der Waals surface area contributed by atoms with Crippen molar-refractivity contribution >= 4 is 11.9 Å². The predicted molar refractivity (Wildman–Crippen MR) is 64.8 cm³/mol. The number of amides is 1. The molecule has 1 fully saturated rings. The van der Waals surface area contributed by atoms with Crippen molar-refractivity contribution < 1.29 is 14.7 Å². The smallest absolute Gasteiger partial charge is 0.330 e. The minimum Gasteiger partial charge on any atom is -0.479 e. The second-order valence-corrected chi connectivity index (χ2v) is 4.85. The van der Waals surface area contributed by atoms with Crippen LogP contribution in [0.15, 0.2) is 0 Å². The van der Waals surface area contributed by atoms with E-state index in [9.17, 15) is 14.7 Å². The first-order valence-corrected chi connectivity index (χ1v) is 6.14. The largest absolute Gasteiger partial charge is 0.479 e. The Balaban J connectivity index is 3.03. The van der Waals surface area contributed by atoms with Crippen molar-refractivity contribution in [1.82, 2.24) is 9.80 Å². The summed E-state index contributed by atoms with van der Waals surface area (Å²) in [6.07, 6.45) is 2.14. The minimum atomic E-state index is -1.03. The summed E-state index contributed by atoms with van der Waals surface area (Å²) < 4.78 is 0. The van der Waals surface area contributed by atoms with E-state index in [1.807, 2.05) is 18.9 Å². The quantitative estimate of drug-likeness (QED) is 0.792. The van der Waals surface area contributed by atoms with E-state index in [-0.39, 0.29) is 5.91 Å². The number of carboxylic acid groups (broad SMARTS) is 1. The fourth-order valence-corrected chi connectivity index (χ4v) is 2.65. The molecular formula is C12H22N2O3. The van der Waals surface area contributed by atoms with Crippen LogP contribution >= 0.6 is 0 Å². The third-order valence-electron chi connectivity index (χ3n) is 3.40. The third kappa shape index (κ3) is 2.77. The van der Waals surface area contributed by atoms with Crippen molar-refractivity contribution in [3.63, 3.8) is 0 Å². The lowest BCUT2D eigenvalue weighted by atomic mass is 9.87. The Hall–Kier alpha value is -1.10. The van der Waals surface area contributed by atoms with E-state index >= 15 is 0 Å². The lowest BCUT2D eigenvalue weighted by molar-refractivity contribution is -0.162. The molecule has 1 amide bonds. The summed E-state index contributed by atoms with van der Waals surface area (Å²) in [5.41, 5.74) is -1.03. The zero-order chi connectivity index (χ0) is 13.1. The van der Waals surface area contributed by atoms with Crippen LogP contribution in [0.1, 0.15) is 33.1 Å². The molecule has 5 nitrogen and oxygen atoms in total. The summed E-state index contributed by atoms with van der Waals surface area (Å²) in [5.74, 6) is -1.03. The van der Waals surface area contributed by atoms with E-state index in [1.54, 1.807) is 0 Å². The number of carbonyl (C=O) groups is 2. The Bertz CT molecular complexity index is 306. The average molecular weight is 242 g/mol. The molecule has 0 aromatic heterocycles. The number of rotatable bonds is 4. The van der Waals surface area contributed by atoms with E-state index in [4.69, 9.17) is 0 Å². The number of piperidine rings is 1. The van der Waals surface area contributed by atoms with Gasteiger partial charge >= 0.3 is 5.97 Å². The van der Waals surface area contributed by atoms with Gasteiger partial charge in [0, 0.05) is 20.0 Å². The highest BCUT2D eigenvalue weighted by Gasteiger charge is 2.47.